The standard InChI is InChI=1S/C16H28N2O9S2/c1-5(28)17-9-13(23)14(8(4-20)25-15(9)24)27-16-10(18-6(2)29)12(22)11(21)7(3-19)26-16/h7-16,19-24H,3-4H2,1-2H3,(H,17,28)(H,18,29)/t7?,8?,9-,10?,11-,12-,13?,14+,15?,16+/m1/s1. The summed E-state index contributed by atoms with van der Waals surface area (Å²) in [6, 6.07) is -2.09. The van der Waals surface area contributed by atoms with Crippen LogP contribution in [0, 0.1) is 0 Å². The van der Waals surface area contributed by atoms with Gasteiger partial charge in [0.05, 0.1) is 23.2 Å². The van der Waals surface area contributed by atoms with Crippen molar-refractivity contribution in [1.29, 1.82) is 0 Å². The quantitative estimate of drug-likeness (QED) is 0.185. The van der Waals surface area contributed by atoms with Gasteiger partial charge in [-0.15, -0.1) is 0 Å². The lowest BCUT2D eigenvalue weighted by molar-refractivity contribution is -0.326. The molecule has 2 aliphatic rings. The molecule has 2 fully saturated rings. The average Bonchev–Trinajstić information content (AvgIpc) is 2.65. The molecule has 8 N–H and O–H groups in total. The summed E-state index contributed by atoms with van der Waals surface area (Å²) >= 11 is 9.95. The van der Waals surface area contributed by atoms with Crippen molar-refractivity contribution in [2.75, 3.05) is 13.2 Å². The van der Waals surface area contributed by atoms with Gasteiger partial charge in [0, 0.05) is 0 Å². The van der Waals surface area contributed by atoms with E-state index in [-0.39, 0.29) is 4.99 Å². The van der Waals surface area contributed by atoms with Gasteiger partial charge < -0.3 is 55.5 Å². The molecule has 0 amide bonds. The highest BCUT2D eigenvalue weighted by Crippen LogP contribution is 2.28. The Kier molecular flexibility index (Phi) is 9.05. The molecule has 11 nitrogen and oxygen atoms in total. The van der Waals surface area contributed by atoms with Crippen LogP contribution in [0.25, 0.3) is 0 Å². The zero-order valence-corrected chi connectivity index (χ0v) is 17.5. The summed E-state index contributed by atoms with van der Waals surface area (Å²) in [5.41, 5.74) is 0. The van der Waals surface area contributed by atoms with Gasteiger partial charge in [0.15, 0.2) is 12.6 Å². The van der Waals surface area contributed by atoms with Crippen molar-refractivity contribution in [2.45, 2.75) is 75.1 Å². The number of aliphatic hydroxyl groups excluding tert-OH is 6. The van der Waals surface area contributed by atoms with E-state index in [9.17, 15) is 30.6 Å². The van der Waals surface area contributed by atoms with Crippen molar-refractivity contribution in [3.05, 3.63) is 0 Å². The van der Waals surface area contributed by atoms with Gasteiger partial charge >= 0.3 is 0 Å². The smallest absolute Gasteiger partial charge is 0.181 e. The van der Waals surface area contributed by atoms with Crippen LogP contribution in [0.2, 0.25) is 0 Å². The fourth-order valence-corrected chi connectivity index (χ4v) is 3.65. The topological polar surface area (TPSA) is 173 Å². The summed E-state index contributed by atoms with van der Waals surface area (Å²) in [7, 11) is 0. The van der Waals surface area contributed by atoms with Crippen LogP contribution in [0.5, 0.6) is 0 Å². The Morgan fingerprint density at radius 2 is 1.38 bits per heavy atom. The first-order valence-electron chi connectivity index (χ1n) is 9.05. The lowest BCUT2D eigenvalue weighted by Gasteiger charge is -2.47. The Morgan fingerprint density at radius 3 is 1.90 bits per heavy atom. The molecular weight excluding hydrogens is 428 g/mol. The molecule has 0 aromatic carbocycles. The predicted molar refractivity (Wildman–Crippen MR) is 107 cm³/mol. The van der Waals surface area contributed by atoms with Crippen LogP contribution < -0.4 is 10.6 Å². The molecule has 0 aliphatic carbocycles. The molecule has 2 rings (SSSR count). The molecular formula is C16H28N2O9S2. The third-order valence-corrected chi connectivity index (χ3v) is 5.02. The van der Waals surface area contributed by atoms with Crippen molar-refractivity contribution in [3.63, 3.8) is 0 Å². The van der Waals surface area contributed by atoms with Gasteiger partial charge in [-0.1, -0.05) is 24.4 Å². The van der Waals surface area contributed by atoms with Crippen molar-refractivity contribution < 1.29 is 44.8 Å². The van der Waals surface area contributed by atoms with E-state index >= 15 is 0 Å². The number of aliphatic hydroxyl groups is 6. The van der Waals surface area contributed by atoms with Crippen LogP contribution in [-0.2, 0) is 14.2 Å². The summed E-state index contributed by atoms with van der Waals surface area (Å²) in [5, 5.41) is 65.9. The Labute approximate surface area is 178 Å². The lowest BCUT2D eigenvalue weighted by atomic mass is 9.94. The van der Waals surface area contributed by atoms with E-state index in [1.54, 1.807) is 13.8 Å². The highest BCUT2D eigenvalue weighted by molar-refractivity contribution is 7.80. The Balaban J connectivity index is 2.26. The summed E-state index contributed by atoms with van der Waals surface area (Å²) in [5.74, 6) is 0. The van der Waals surface area contributed by atoms with Crippen molar-refractivity contribution in [2.24, 2.45) is 0 Å². The molecule has 0 radical (unpaired) electrons. The van der Waals surface area contributed by atoms with Crippen LogP contribution in [0.15, 0.2) is 0 Å². The molecule has 10 atom stereocenters. The SMILES string of the molecule is CC(=S)NC1[C@H](O[C@H]2C(CO)OC(O)[C@H](NC(C)=S)C2O)OC(CO)[C@@H](O)[C@@H]1O. The molecule has 29 heavy (non-hydrogen) atoms. The molecule has 0 aromatic rings. The van der Waals surface area contributed by atoms with E-state index in [0.29, 0.717) is 4.99 Å². The minimum Gasteiger partial charge on any atom is -0.394 e. The zero-order valence-electron chi connectivity index (χ0n) is 15.9. The molecule has 168 valence electrons. The highest BCUT2D eigenvalue weighted by Gasteiger charge is 2.50. The van der Waals surface area contributed by atoms with Crippen LogP contribution in [0.4, 0.5) is 0 Å². The van der Waals surface area contributed by atoms with Crippen molar-refractivity contribution in [1.82, 2.24) is 10.6 Å². The fourth-order valence-electron chi connectivity index (χ4n) is 3.38. The van der Waals surface area contributed by atoms with Crippen LogP contribution >= 0.6 is 24.4 Å². The van der Waals surface area contributed by atoms with Crippen molar-refractivity contribution >= 4 is 34.4 Å². The van der Waals surface area contributed by atoms with Gasteiger partial charge in [0.2, 0.25) is 0 Å². The second kappa shape index (κ2) is 10.6. The van der Waals surface area contributed by atoms with E-state index in [1.165, 1.54) is 0 Å². The Morgan fingerprint density at radius 1 is 0.828 bits per heavy atom. The third kappa shape index (κ3) is 5.77. The maximum atomic E-state index is 10.7. The first-order chi connectivity index (χ1) is 13.6. The normalized spacial score (nSPS) is 42.9. The number of nitrogens with one attached hydrogen (secondary N) is 2. The maximum absolute atomic E-state index is 10.7. The van der Waals surface area contributed by atoms with E-state index in [4.69, 9.17) is 38.6 Å². The van der Waals surface area contributed by atoms with Gasteiger partial charge in [-0.25, -0.2) is 0 Å². The first kappa shape index (κ1) is 24.7. The molecule has 2 saturated heterocycles. The molecule has 2 heterocycles. The number of hydrogen-bond donors (Lipinski definition) is 8. The summed E-state index contributed by atoms with van der Waals surface area (Å²) < 4.78 is 16.7. The van der Waals surface area contributed by atoms with Crippen LogP contribution in [0.3, 0.4) is 0 Å². The number of ether oxygens (including phenoxy) is 3. The summed E-state index contributed by atoms with van der Waals surface area (Å²) in [4.78, 5) is 0.577. The molecule has 0 aromatic heterocycles. The van der Waals surface area contributed by atoms with Crippen molar-refractivity contribution in [3.8, 4) is 0 Å². The summed E-state index contributed by atoms with van der Waals surface area (Å²) in [6.07, 6.45) is -10.5. The number of thiocarbonyl (C=S) groups is 2. The number of rotatable bonds is 6. The fraction of sp³-hybridized carbons (Fsp3) is 0.875. The van der Waals surface area contributed by atoms with Crippen LogP contribution in [-0.4, -0.2) is 115 Å². The van der Waals surface area contributed by atoms with Gasteiger partial charge in [0.25, 0.3) is 0 Å². The molecule has 0 saturated carbocycles. The highest BCUT2D eigenvalue weighted by atomic mass is 32.1. The summed E-state index contributed by atoms with van der Waals surface area (Å²) in [6.45, 7) is 1.92. The third-order valence-electron chi connectivity index (χ3n) is 4.78. The van der Waals surface area contributed by atoms with E-state index in [0.717, 1.165) is 0 Å². The zero-order chi connectivity index (χ0) is 21.9. The molecule has 13 heteroatoms. The Bertz CT molecular complexity index is 587. The largest absolute Gasteiger partial charge is 0.394 e. The molecule has 0 bridgehead atoms. The lowest BCUT2D eigenvalue weighted by Crippen LogP contribution is -2.69. The van der Waals surface area contributed by atoms with Crippen LogP contribution in [0.1, 0.15) is 13.8 Å². The second-order valence-electron chi connectivity index (χ2n) is 7.00. The monoisotopic (exact) mass is 456 g/mol. The van der Waals surface area contributed by atoms with Gasteiger partial charge in [-0.3, -0.25) is 0 Å². The average molecular weight is 457 g/mol. The van der Waals surface area contributed by atoms with E-state index in [2.05, 4.69) is 10.6 Å². The minimum atomic E-state index is -1.47. The molecule has 2 aliphatic heterocycles. The van der Waals surface area contributed by atoms with Gasteiger partial charge in [0.1, 0.15) is 48.7 Å². The molecule has 5 unspecified atom stereocenters. The first-order valence-corrected chi connectivity index (χ1v) is 9.86. The Hall–Kier alpha value is -0.580. The van der Waals surface area contributed by atoms with E-state index < -0.39 is 74.5 Å². The van der Waals surface area contributed by atoms with E-state index in [1.807, 2.05) is 0 Å². The second-order valence-corrected chi connectivity index (χ2v) is 8.22. The van der Waals surface area contributed by atoms with Gasteiger partial charge in [-0.05, 0) is 13.8 Å². The molecule has 0 spiro atoms. The predicted octanol–water partition coefficient (Wildman–Crippen LogP) is -3.51. The maximum Gasteiger partial charge on any atom is 0.181 e. The minimum absolute atomic E-state index is 0.284. The van der Waals surface area contributed by atoms with Gasteiger partial charge in [-0.2, -0.15) is 0 Å². The number of hydrogen-bond acceptors (Lipinski definition) is 11.